The molecule has 114 valence electrons. The molecule has 21 heavy (non-hydrogen) atoms. The summed E-state index contributed by atoms with van der Waals surface area (Å²) in [6, 6.07) is 9.42. The molecule has 1 atom stereocenters. The zero-order valence-corrected chi connectivity index (χ0v) is 12.9. The van der Waals surface area contributed by atoms with E-state index in [2.05, 4.69) is 6.92 Å². The van der Waals surface area contributed by atoms with Crippen molar-refractivity contribution in [3.05, 3.63) is 36.1 Å². The normalized spacial score (nSPS) is 12.7. The lowest BCUT2D eigenvalue weighted by atomic mass is 10.1. The number of fused-ring (bicyclic) bond motifs is 1. The molecule has 2 rings (SSSR count). The number of Topliss-reactive ketones (excluding diaryl/α,β-unsaturated/α-hetero) is 1. The third-order valence-corrected chi connectivity index (χ3v) is 3.66. The van der Waals surface area contributed by atoms with E-state index in [4.69, 9.17) is 9.15 Å². The van der Waals surface area contributed by atoms with Gasteiger partial charge in [-0.15, -0.1) is 0 Å². The molecule has 0 bridgehead atoms. The summed E-state index contributed by atoms with van der Waals surface area (Å²) in [6.07, 6.45) is 6.03. The van der Waals surface area contributed by atoms with Crippen LogP contribution in [0, 0.1) is 0 Å². The monoisotopic (exact) mass is 288 g/mol. The number of hydrogen-bond acceptors (Lipinski definition) is 3. The van der Waals surface area contributed by atoms with Crippen LogP contribution in [0.3, 0.4) is 0 Å². The third-order valence-electron chi connectivity index (χ3n) is 3.66. The quantitative estimate of drug-likeness (QED) is 0.482. The van der Waals surface area contributed by atoms with Crippen molar-refractivity contribution in [2.24, 2.45) is 0 Å². The standard InChI is InChI=1S/C18H24O3/c1-3-4-5-6-9-14(2)20-13-16(19)18-12-15-10-7-8-11-17(15)21-18/h7-8,10-12,14H,3-6,9,13H2,1-2H3. The van der Waals surface area contributed by atoms with E-state index in [1.54, 1.807) is 6.07 Å². The fraction of sp³-hybridized carbons (Fsp3) is 0.500. The van der Waals surface area contributed by atoms with Crippen molar-refractivity contribution in [2.75, 3.05) is 6.61 Å². The maximum absolute atomic E-state index is 12.1. The average molecular weight is 288 g/mol. The number of ether oxygens (including phenoxy) is 1. The predicted molar refractivity (Wildman–Crippen MR) is 84.7 cm³/mol. The smallest absolute Gasteiger partial charge is 0.223 e. The van der Waals surface area contributed by atoms with Gasteiger partial charge in [-0.05, 0) is 25.5 Å². The topological polar surface area (TPSA) is 39.4 Å². The van der Waals surface area contributed by atoms with E-state index in [0.29, 0.717) is 5.76 Å². The molecule has 0 aliphatic heterocycles. The number of unbranched alkanes of at least 4 members (excludes halogenated alkanes) is 3. The number of furan rings is 1. The molecule has 0 saturated heterocycles. The molecule has 0 fully saturated rings. The molecular weight excluding hydrogens is 264 g/mol. The Hall–Kier alpha value is -1.61. The van der Waals surface area contributed by atoms with Crippen LogP contribution in [0.4, 0.5) is 0 Å². The second kappa shape index (κ2) is 7.99. The second-order valence-electron chi connectivity index (χ2n) is 5.54. The molecule has 0 aliphatic rings. The fourth-order valence-electron chi connectivity index (χ4n) is 2.35. The van der Waals surface area contributed by atoms with Gasteiger partial charge in [-0.3, -0.25) is 4.79 Å². The van der Waals surface area contributed by atoms with Gasteiger partial charge in [0, 0.05) is 5.39 Å². The van der Waals surface area contributed by atoms with E-state index in [9.17, 15) is 4.79 Å². The van der Waals surface area contributed by atoms with Crippen LogP contribution in [0.15, 0.2) is 34.7 Å². The highest BCUT2D eigenvalue weighted by Crippen LogP contribution is 2.19. The van der Waals surface area contributed by atoms with Crippen LogP contribution in [0.1, 0.15) is 56.5 Å². The first-order chi connectivity index (χ1) is 10.2. The van der Waals surface area contributed by atoms with E-state index >= 15 is 0 Å². The Kier molecular flexibility index (Phi) is 6.00. The summed E-state index contributed by atoms with van der Waals surface area (Å²) >= 11 is 0. The molecule has 3 heteroatoms. The van der Waals surface area contributed by atoms with Gasteiger partial charge in [-0.2, -0.15) is 0 Å². The Balaban J connectivity index is 1.78. The Morgan fingerprint density at radius 1 is 1.24 bits per heavy atom. The maximum Gasteiger partial charge on any atom is 0.223 e. The van der Waals surface area contributed by atoms with E-state index < -0.39 is 0 Å². The summed E-state index contributed by atoms with van der Waals surface area (Å²) in [5, 5.41) is 0.952. The van der Waals surface area contributed by atoms with E-state index in [-0.39, 0.29) is 18.5 Å². The van der Waals surface area contributed by atoms with Gasteiger partial charge in [-0.25, -0.2) is 0 Å². The zero-order valence-electron chi connectivity index (χ0n) is 12.9. The molecule has 0 saturated carbocycles. The molecule has 0 radical (unpaired) electrons. The minimum Gasteiger partial charge on any atom is -0.453 e. The minimum atomic E-state index is -0.0911. The van der Waals surface area contributed by atoms with E-state index in [1.807, 2.05) is 31.2 Å². The largest absolute Gasteiger partial charge is 0.453 e. The number of para-hydroxylation sites is 1. The Morgan fingerprint density at radius 3 is 2.81 bits per heavy atom. The SMILES string of the molecule is CCCCCCC(C)OCC(=O)c1cc2ccccc2o1. The first-order valence-corrected chi connectivity index (χ1v) is 7.84. The molecule has 0 amide bonds. The molecule has 1 aromatic carbocycles. The van der Waals surface area contributed by atoms with Crippen molar-refractivity contribution >= 4 is 16.8 Å². The average Bonchev–Trinajstić information content (AvgIpc) is 2.93. The van der Waals surface area contributed by atoms with Crippen LogP contribution < -0.4 is 0 Å². The molecule has 0 N–H and O–H groups in total. The van der Waals surface area contributed by atoms with Crippen LogP contribution in [0.25, 0.3) is 11.0 Å². The second-order valence-corrected chi connectivity index (χ2v) is 5.54. The molecule has 2 aromatic rings. The van der Waals surface area contributed by atoms with Crippen molar-refractivity contribution < 1.29 is 13.9 Å². The summed E-state index contributed by atoms with van der Waals surface area (Å²) in [4.78, 5) is 12.1. The highest BCUT2D eigenvalue weighted by Gasteiger charge is 2.13. The predicted octanol–water partition coefficient (Wildman–Crippen LogP) is 4.99. The lowest BCUT2D eigenvalue weighted by Crippen LogP contribution is -2.15. The molecule has 1 aromatic heterocycles. The summed E-state index contributed by atoms with van der Waals surface area (Å²) in [5.41, 5.74) is 0.744. The fourth-order valence-corrected chi connectivity index (χ4v) is 2.35. The molecule has 0 aliphatic carbocycles. The molecule has 0 spiro atoms. The van der Waals surface area contributed by atoms with Gasteiger partial charge in [0.25, 0.3) is 0 Å². The van der Waals surface area contributed by atoms with Crippen LogP contribution in [-0.2, 0) is 4.74 Å². The molecule has 1 unspecified atom stereocenters. The van der Waals surface area contributed by atoms with E-state index in [0.717, 1.165) is 23.8 Å². The van der Waals surface area contributed by atoms with Crippen LogP contribution in [-0.4, -0.2) is 18.5 Å². The summed E-state index contributed by atoms with van der Waals surface area (Å²) in [5.74, 6) is 0.293. The summed E-state index contributed by atoms with van der Waals surface area (Å²) in [6.45, 7) is 4.32. The number of benzene rings is 1. The summed E-state index contributed by atoms with van der Waals surface area (Å²) < 4.78 is 11.2. The lowest BCUT2D eigenvalue weighted by Gasteiger charge is -2.11. The Morgan fingerprint density at radius 2 is 2.05 bits per heavy atom. The lowest BCUT2D eigenvalue weighted by molar-refractivity contribution is 0.0465. The van der Waals surface area contributed by atoms with Gasteiger partial charge >= 0.3 is 0 Å². The van der Waals surface area contributed by atoms with Crippen molar-refractivity contribution in [2.45, 2.75) is 52.1 Å². The van der Waals surface area contributed by atoms with Crippen LogP contribution in [0.2, 0.25) is 0 Å². The van der Waals surface area contributed by atoms with Gasteiger partial charge in [-0.1, -0.05) is 50.8 Å². The molecule has 3 nitrogen and oxygen atoms in total. The van der Waals surface area contributed by atoms with Gasteiger partial charge in [0.05, 0.1) is 6.10 Å². The van der Waals surface area contributed by atoms with E-state index in [1.165, 1.54) is 19.3 Å². The number of ketones is 1. The van der Waals surface area contributed by atoms with Gasteiger partial charge in [0.2, 0.25) is 5.78 Å². The summed E-state index contributed by atoms with van der Waals surface area (Å²) in [7, 11) is 0. The molecular formula is C18H24O3. The number of hydrogen-bond donors (Lipinski definition) is 0. The van der Waals surface area contributed by atoms with Gasteiger partial charge in [0.1, 0.15) is 12.2 Å². The van der Waals surface area contributed by atoms with Gasteiger partial charge < -0.3 is 9.15 Å². The van der Waals surface area contributed by atoms with Crippen LogP contribution >= 0.6 is 0 Å². The third kappa shape index (κ3) is 4.71. The van der Waals surface area contributed by atoms with Crippen molar-refractivity contribution in [1.29, 1.82) is 0 Å². The molecule has 1 heterocycles. The number of carbonyl (C=O) groups excluding carboxylic acids is 1. The highest BCUT2D eigenvalue weighted by atomic mass is 16.5. The van der Waals surface area contributed by atoms with Crippen molar-refractivity contribution in [3.8, 4) is 0 Å². The number of carbonyl (C=O) groups is 1. The maximum atomic E-state index is 12.1. The highest BCUT2D eigenvalue weighted by molar-refractivity contribution is 5.98. The first kappa shape index (κ1) is 15.8. The first-order valence-electron chi connectivity index (χ1n) is 7.84. The minimum absolute atomic E-state index is 0.0911. The van der Waals surface area contributed by atoms with Crippen molar-refractivity contribution in [1.82, 2.24) is 0 Å². The van der Waals surface area contributed by atoms with Gasteiger partial charge in [0.15, 0.2) is 5.76 Å². The van der Waals surface area contributed by atoms with Crippen LogP contribution in [0.5, 0.6) is 0 Å². The Labute approximate surface area is 126 Å². The zero-order chi connectivity index (χ0) is 15.1. The number of rotatable bonds is 9. The Bertz CT molecular complexity index is 538. The van der Waals surface area contributed by atoms with Crippen molar-refractivity contribution in [3.63, 3.8) is 0 Å².